The molecule has 0 radical (unpaired) electrons. The molecule has 1 N–H and O–H groups in total. The summed E-state index contributed by atoms with van der Waals surface area (Å²) in [5.74, 6) is -0.222. The number of nitrogens with one attached hydrogen (secondary N) is 1. The fraction of sp³-hybridized carbons (Fsp3) is 0.133. The molecule has 4 rings (SSSR count). The number of amides is 1. The minimum Gasteiger partial charge on any atom is -0.495 e. The fourth-order valence-electron chi connectivity index (χ4n) is 4.11. The maximum Gasteiger partial charge on any atom is 0.273 e. The summed E-state index contributed by atoms with van der Waals surface area (Å²) in [6, 6.07) is 20.2. The molecule has 14 nitrogen and oxygen atoms in total. The predicted molar refractivity (Wildman–Crippen MR) is 170 cm³/mol. The molecule has 1 amide bonds. The van der Waals surface area contributed by atoms with Crippen LogP contribution < -0.4 is 19.2 Å². The molecule has 0 aliphatic carbocycles. The molecule has 0 saturated carbocycles. The van der Waals surface area contributed by atoms with Crippen LogP contribution in [0.2, 0.25) is 5.02 Å². The third-order valence-electron chi connectivity index (χ3n) is 6.50. The lowest BCUT2D eigenvalue weighted by Crippen LogP contribution is -2.39. The molecule has 0 saturated heterocycles. The molecule has 46 heavy (non-hydrogen) atoms. The Morgan fingerprint density at radius 3 is 2.30 bits per heavy atom. The second-order valence-electron chi connectivity index (χ2n) is 9.61. The first kappa shape index (κ1) is 33.4. The first-order valence-corrected chi connectivity index (χ1v) is 15.1. The smallest absolute Gasteiger partial charge is 0.273 e. The molecular formula is C30H26ClN5O9S. The molecule has 4 aromatic rings. The molecule has 0 heterocycles. The number of carbonyl (C=O) groups excluding carboxylic acids is 1. The number of hydrazone groups is 1. The monoisotopic (exact) mass is 667 g/mol. The Labute approximate surface area is 268 Å². The van der Waals surface area contributed by atoms with E-state index in [1.807, 2.05) is 0 Å². The Bertz CT molecular complexity index is 1900. The molecular weight excluding hydrogens is 642 g/mol. The molecule has 0 unspecified atom stereocenters. The van der Waals surface area contributed by atoms with E-state index in [9.17, 15) is 33.4 Å². The first-order chi connectivity index (χ1) is 21.9. The molecule has 238 valence electrons. The summed E-state index contributed by atoms with van der Waals surface area (Å²) >= 11 is 6.15. The number of halogens is 1. The Hall–Kier alpha value is -5.54. The van der Waals surface area contributed by atoms with Crippen molar-refractivity contribution in [2.24, 2.45) is 5.10 Å². The average Bonchev–Trinajstić information content (AvgIpc) is 3.03. The van der Waals surface area contributed by atoms with E-state index in [1.165, 1.54) is 62.7 Å². The van der Waals surface area contributed by atoms with E-state index in [4.69, 9.17) is 21.1 Å². The highest BCUT2D eigenvalue weighted by Gasteiger charge is 2.31. The zero-order valence-electron chi connectivity index (χ0n) is 24.3. The fourth-order valence-corrected chi connectivity index (χ4v) is 5.72. The minimum absolute atomic E-state index is 0.0180. The van der Waals surface area contributed by atoms with Crippen molar-refractivity contribution in [1.82, 2.24) is 5.43 Å². The lowest BCUT2D eigenvalue weighted by molar-refractivity contribution is -0.385. The van der Waals surface area contributed by atoms with Gasteiger partial charge in [-0.15, -0.1) is 0 Å². The van der Waals surface area contributed by atoms with Gasteiger partial charge in [0.1, 0.15) is 24.7 Å². The summed E-state index contributed by atoms with van der Waals surface area (Å²) in [4.78, 5) is 33.7. The summed E-state index contributed by atoms with van der Waals surface area (Å²) in [7, 11) is -3.24. The Morgan fingerprint density at radius 2 is 1.67 bits per heavy atom. The third-order valence-corrected chi connectivity index (χ3v) is 8.49. The predicted octanol–water partition coefficient (Wildman–Crippen LogP) is 5.40. The third kappa shape index (κ3) is 8.13. The summed E-state index contributed by atoms with van der Waals surface area (Å²) < 4.78 is 39.3. The average molecular weight is 668 g/mol. The summed E-state index contributed by atoms with van der Waals surface area (Å²) in [5, 5.41) is 26.4. The van der Waals surface area contributed by atoms with Crippen molar-refractivity contribution < 1.29 is 32.5 Å². The topological polar surface area (TPSA) is 184 Å². The number of nitro benzene ring substituents is 2. The van der Waals surface area contributed by atoms with Gasteiger partial charge in [-0.1, -0.05) is 17.7 Å². The number of ether oxygens (including phenoxy) is 2. The van der Waals surface area contributed by atoms with Gasteiger partial charge >= 0.3 is 0 Å². The molecule has 0 bridgehead atoms. The Morgan fingerprint density at radius 1 is 0.978 bits per heavy atom. The maximum atomic E-state index is 13.8. The summed E-state index contributed by atoms with van der Waals surface area (Å²) in [5.41, 5.74) is 3.37. The molecule has 0 atom stereocenters. The van der Waals surface area contributed by atoms with Gasteiger partial charge in [0.2, 0.25) is 0 Å². The van der Waals surface area contributed by atoms with E-state index >= 15 is 0 Å². The zero-order valence-corrected chi connectivity index (χ0v) is 25.9. The van der Waals surface area contributed by atoms with Gasteiger partial charge in [0, 0.05) is 28.8 Å². The van der Waals surface area contributed by atoms with Gasteiger partial charge in [-0.25, -0.2) is 13.8 Å². The van der Waals surface area contributed by atoms with E-state index in [0.29, 0.717) is 11.3 Å². The number of aryl methyl sites for hydroxylation is 1. The van der Waals surface area contributed by atoms with Crippen LogP contribution in [0.15, 0.2) is 94.9 Å². The maximum absolute atomic E-state index is 13.8. The van der Waals surface area contributed by atoms with Crippen LogP contribution in [0.3, 0.4) is 0 Å². The molecule has 16 heteroatoms. The van der Waals surface area contributed by atoms with Gasteiger partial charge in [0.15, 0.2) is 0 Å². The minimum atomic E-state index is -4.55. The molecule has 0 aromatic heterocycles. The normalized spacial score (nSPS) is 11.2. The molecule has 0 aliphatic rings. The molecule has 0 fully saturated rings. The van der Waals surface area contributed by atoms with E-state index < -0.39 is 42.9 Å². The van der Waals surface area contributed by atoms with Crippen molar-refractivity contribution in [3.05, 3.63) is 127 Å². The van der Waals surface area contributed by atoms with E-state index in [1.54, 1.807) is 36.4 Å². The van der Waals surface area contributed by atoms with E-state index in [2.05, 4.69) is 10.5 Å². The largest absolute Gasteiger partial charge is 0.495 e. The van der Waals surface area contributed by atoms with E-state index in [0.717, 1.165) is 15.9 Å². The van der Waals surface area contributed by atoms with Crippen LogP contribution in [-0.2, 0) is 21.4 Å². The first-order valence-electron chi connectivity index (χ1n) is 13.3. The van der Waals surface area contributed by atoms with Crippen molar-refractivity contribution >= 4 is 50.8 Å². The Balaban J connectivity index is 1.48. The van der Waals surface area contributed by atoms with Crippen LogP contribution in [0.4, 0.5) is 17.1 Å². The van der Waals surface area contributed by atoms with Gasteiger partial charge in [-0.2, -0.15) is 5.10 Å². The number of carbonyl (C=O) groups is 1. The van der Waals surface area contributed by atoms with Gasteiger partial charge in [-0.3, -0.25) is 29.3 Å². The van der Waals surface area contributed by atoms with Crippen LogP contribution >= 0.6 is 11.6 Å². The van der Waals surface area contributed by atoms with Crippen molar-refractivity contribution in [2.45, 2.75) is 18.4 Å². The van der Waals surface area contributed by atoms with Crippen LogP contribution in [0, 0.1) is 27.2 Å². The van der Waals surface area contributed by atoms with Crippen LogP contribution in [0.5, 0.6) is 11.5 Å². The van der Waals surface area contributed by atoms with Crippen LogP contribution in [-0.4, -0.2) is 44.0 Å². The van der Waals surface area contributed by atoms with Gasteiger partial charge in [-0.05, 0) is 78.7 Å². The highest BCUT2D eigenvalue weighted by Crippen LogP contribution is 2.35. The molecule has 0 spiro atoms. The molecule has 4 aromatic carbocycles. The number of methoxy groups -OCH3 is 1. The van der Waals surface area contributed by atoms with Gasteiger partial charge < -0.3 is 9.47 Å². The number of nitro groups is 2. The van der Waals surface area contributed by atoms with Crippen molar-refractivity contribution in [2.75, 3.05) is 18.0 Å². The number of non-ortho nitro benzene ring substituents is 1. The van der Waals surface area contributed by atoms with Crippen molar-refractivity contribution in [3.63, 3.8) is 0 Å². The number of hydrogen-bond donors (Lipinski definition) is 1. The number of anilines is 1. The number of rotatable bonds is 13. The highest BCUT2D eigenvalue weighted by molar-refractivity contribution is 7.92. The molecule has 0 aliphatic heterocycles. The van der Waals surface area contributed by atoms with E-state index in [-0.39, 0.29) is 34.3 Å². The number of sulfonamides is 1. The quantitative estimate of drug-likeness (QED) is 0.111. The van der Waals surface area contributed by atoms with Crippen molar-refractivity contribution in [1.29, 1.82) is 0 Å². The second-order valence-corrected chi connectivity index (χ2v) is 11.9. The van der Waals surface area contributed by atoms with Gasteiger partial charge in [0.05, 0.1) is 33.8 Å². The zero-order chi connectivity index (χ0) is 33.4. The highest BCUT2D eigenvalue weighted by atomic mass is 35.5. The standard InChI is InChI=1S/C30H26ClN5O9S/c1-20-3-13-26(16-27(20)36(40)41)46(42,43)34(28-15-23(31)8-14-29(28)44-2)18-30(37)33-32-17-21-6-11-25(12-7-21)45-19-22-4-9-24(10-5-22)35(38)39/h3-17H,18-19H2,1-2H3,(H,33,37)/b32-17-. The second kappa shape index (κ2) is 14.5. The Kier molecular flexibility index (Phi) is 10.5. The van der Waals surface area contributed by atoms with Crippen LogP contribution in [0.25, 0.3) is 0 Å². The van der Waals surface area contributed by atoms with Crippen LogP contribution in [0.1, 0.15) is 16.7 Å². The van der Waals surface area contributed by atoms with Crippen molar-refractivity contribution in [3.8, 4) is 11.5 Å². The summed E-state index contributed by atoms with van der Waals surface area (Å²) in [6.45, 7) is 0.891. The number of benzene rings is 4. The number of nitrogens with zero attached hydrogens (tertiary/aromatic N) is 4. The van der Waals surface area contributed by atoms with Gasteiger partial charge in [0.25, 0.3) is 27.3 Å². The summed E-state index contributed by atoms with van der Waals surface area (Å²) in [6.07, 6.45) is 1.33. The lowest BCUT2D eigenvalue weighted by atomic mass is 10.2. The lowest BCUT2D eigenvalue weighted by Gasteiger charge is -2.25. The number of hydrogen-bond acceptors (Lipinski definition) is 10. The SMILES string of the molecule is COc1ccc(Cl)cc1N(CC(=O)N/N=C\c1ccc(OCc2ccc([N+](=O)[O-])cc2)cc1)S(=O)(=O)c1ccc(C)c([N+](=O)[O-])c1.